The van der Waals surface area contributed by atoms with Gasteiger partial charge in [-0.15, -0.1) is 11.3 Å². The van der Waals surface area contributed by atoms with E-state index in [4.69, 9.17) is 4.74 Å². The second-order valence-corrected chi connectivity index (χ2v) is 9.45. The van der Waals surface area contributed by atoms with Gasteiger partial charge in [-0.1, -0.05) is 13.3 Å². The molecule has 0 aromatic carbocycles. The van der Waals surface area contributed by atoms with Crippen LogP contribution in [-0.4, -0.2) is 37.6 Å². The zero-order chi connectivity index (χ0) is 20.1. The van der Waals surface area contributed by atoms with Gasteiger partial charge in [-0.25, -0.2) is 4.79 Å². The quantitative estimate of drug-likeness (QED) is 0.682. The van der Waals surface area contributed by atoms with Crippen LogP contribution in [0.1, 0.15) is 80.1 Å². The van der Waals surface area contributed by atoms with Crippen LogP contribution in [0.5, 0.6) is 0 Å². The maximum atomic E-state index is 12.9. The maximum absolute atomic E-state index is 12.9. The third-order valence-electron chi connectivity index (χ3n) is 6.27. The second-order valence-electron chi connectivity index (χ2n) is 8.35. The molecule has 0 saturated heterocycles. The van der Waals surface area contributed by atoms with Crippen LogP contribution >= 0.6 is 11.3 Å². The molecule has 1 heterocycles. The van der Waals surface area contributed by atoms with E-state index in [-0.39, 0.29) is 11.9 Å². The van der Waals surface area contributed by atoms with E-state index in [0.29, 0.717) is 35.7 Å². The highest BCUT2D eigenvalue weighted by molar-refractivity contribution is 7.17. The number of quaternary nitrogens is 1. The Morgan fingerprint density at radius 2 is 1.93 bits per heavy atom. The lowest BCUT2D eigenvalue weighted by Gasteiger charge is -2.30. The molecule has 2 unspecified atom stereocenters. The van der Waals surface area contributed by atoms with E-state index in [1.54, 1.807) is 11.3 Å². The lowest BCUT2D eigenvalue weighted by atomic mass is 9.88. The van der Waals surface area contributed by atoms with Gasteiger partial charge in [-0.05, 0) is 70.3 Å². The van der Waals surface area contributed by atoms with E-state index in [9.17, 15) is 9.59 Å². The van der Waals surface area contributed by atoms with Crippen molar-refractivity contribution in [2.45, 2.75) is 78.2 Å². The van der Waals surface area contributed by atoms with Gasteiger partial charge in [-0.2, -0.15) is 0 Å². The highest BCUT2D eigenvalue weighted by Crippen LogP contribution is 2.40. The van der Waals surface area contributed by atoms with Gasteiger partial charge in [-0.3, -0.25) is 4.79 Å². The fraction of sp³-hybridized carbons (Fsp3) is 0.727. The van der Waals surface area contributed by atoms with Crippen LogP contribution in [0.25, 0.3) is 0 Å². The summed E-state index contributed by atoms with van der Waals surface area (Å²) >= 11 is 1.58. The Bertz CT molecular complexity index is 694. The molecule has 1 aromatic rings. The first-order valence-electron chi connectivity index (χ1n) is 11.0. The molecule has 0 bridgehead atoms. The van der Waals surface area contributed by atoms with Crippen molar-refractivity contribution in [3.63, 3.8) is 0 Å². The number of thiophene rings is 1. The molecule has 0 radical (unpaired) electrons. The number of likely N-dealkylation sites (N-methyl/N-ethyl adjacent to an activating group) is 1. The first-order chi connectivity index (χ1) is 13.5. The minimum Gasteiger partial charge on any atom is -0.462 e. The van der Waals surface area contributed by atoms with Crippen LogP contribution in [0, 0.1) is 5.92 Å². The number of carbonyl (C=O) groups excluding carboxylic acids is 2. The number of carbonyl (C=O) groups is 2. The van der Waals surface area contributed by atoms with Gasteiger partial charge < -0.3 is 15.0 Å². The van der Waals surface area contributed by atoms with Gasteiger partial charge in [0, 0.05) is 4.88 Å². The number of hydrogen-bond donors (Lipinski definition) is 2. The molecule has 1 fully saturated rings. The molecule has 0 aliphatic heterocycles. The van der Waals surface area contributed by atoms with Crippen molar-refractivity contribution in [3.8, 4) is 0 Å². The van der Waals surface area contributed by atoms with E-state index in [0.717, 1.165) is 31.4 Å². The SMILES string of the molecule is CCOC(=O)c1c(NC(=O)C[NH+](CC)C2CCCCC2)sc2c1CCC(C)C2. The molecule has 2 aliphatic carbocycles. The highest BCUT2D eigenvalue weighted by atomic mass is 32.1. The van der Waals surface area contributed by atoms with Gasteiger partial charge in [0.05, 0.1) is 24.8 Å². The molecule has 2 N–H and O–H groups in total. The number of ether oxygens (including phenoxy) is 1. The first kappa shape index (κ1) is 21.3. The summed E-state index contributed by atoms with van der Waals surface area (Å²) in [5.41, 5.74) is 1.71. The van der Waals surface area contributed by atoms with Gasteiger partial charge in [0.25, 0.3) is 5.91 Å². The van der Waals surface area contributed by atoms with Crippen molar-refractivity contribution in [3.05, 3.63) is 16.0 Å². The number of fused-ring (bicyclic) bond motifs is 1. The van der Waals surface area contributed by atoms with Gasteiger partial charge in [0.2, 0.25) is 0 Å². The largest absolute Gasteiger partial charge is 0.462 e. The van der Waals surface area contributed by atoms with Crippen molar-refractivity contribution in [2.24, 2.45) is 5.92 Å². The van der Waals surface area contributed by atoms with Crippen molar-refractivity contribution in [2.75, 3.05) is 25.0 Å². The van der Waals surface area contributed by atoms with Crippen LogP contribution in [0.15, 0.2) is 0 Å². The van der Waals surface area contributed by atoms with E-state index in [1.807, 2.05) is 6.92 Å². The Morgan fingerprint density at radius 1 is 1.18 bits per heavy atom. The molecule has 1 saturated carbocycles. The van der Waals surface area contributed by atoms with Crippen LogP contribution in [-0.2, 0) is 22.4 Å². The standard InChI is InChI=1S/C22H34N2O3S/c1-4-24(16-9-7-6-8-10-16)14-19(25)23-21-20(22(26)27-5-2)17-12-11-15(3)13-18(17)28-21/h15-16H,4-14H2,1-3H3,(H,23,25)/p+1. The normalized spacial score (nSPS) is 21.0. The molecule has 28 heavy (non-hydrogen) atoms. The molecule has 1 amide bonds. The summed E-state index contributed by atoms with van der Waals surface area (Å²) in [6, 6.07) is 0.589. The van der Waals surface area contributed by atoms with Gasteiger partial charge in [0.15, 0.2) is 6.54 Å². The molecular formula is C22H35N2O3S+. The van der Waals surface area contributed by atoms with Crippen molar-refractivity contribution in [1.82, 2.24) is 0 Å². The summed E-state index contributed by atoms with van der Waals surface area (Å²) in [5.74, 6) is 0.340. The fourth-order valence-electron chi connectivity index (χ4n) is 4.70. The van der Waals surface area contributed by atoms with Crippen LogP contribution < -0.4 is 10.2 Å². The monoisotopic (exact) mass is 407 g/mol. The zero-order valence-corrected chi connectivity index (χ0v) is 18.4. The van der Waals surface area contributed by atoms with E-state index in [2.05, 4.69) is 19.2 Å². The molecule has 1 aromatic heterocycles. The van der Waals surface area contributed by atoms with E-state index >= 15 is 0 Å². The second kappa shape index (κ2) is 9.88. The Balaban J connectivity index is 1.74. The lowest BCUT2D eigenvalue weighted by molar-refractivity contribution is -0.917. The van der Waals surface area contributed by atoms with Gasteiger partial charge >= 0.3 is 5.97 Å². The van der Waals surface area contributed by atoms with Gasteiger partial charge in [0.1, 0.15) is 5.00 Å². The smallest absolute Gasteiger partial charge is 0.341 e. The zero-order valence-electron chi connectivity index (χ0n) is 17.6. The predicted molar refractivity (Wildman–Crippen MR) is 113 cm³/mol. The predicted octanol–water partition coefficient (Wildman–Crippen LogP) is 3.23. The lowest BCUT2D eigenvalue weighted by Crippen LogP contribution is -3.16. The third-order valence-corrected chi connectivity index (χ3v) is 7.44. The number of esters is 1. The molecule has 156 valence electrons. The minimum atomic E-state index is -0.295. The molecule has 2 aliphatic rings. The summed E-state index contributed by atoms with van der Waals surface area (Å²) < 4.78 is 5.31. The Hall–Kier alpha value is -1.40. The van der Waals surface area contributed by atoms with Crippen LogP contribution in [0.2, 0.25) is 0 Å². The Labute approximate surface area is 172 Å². The molecular weight excluding hydrogens is 372 g/mol. The average molecular weight is 408 g/mol. The van der Waals surface area contributed by atoms with Crippen molar-refractivity contribution >= 4 is 28.2 Å². The number of rotatable bonds is 7. The summed E-state index contributed by atoms with van der Waals surface area (Å²) in [6.45, 7) is 8.01. The minimum absolute atomic E-state index is 0.0135. The molecule has 3 rings (SSSR count). The summed E-state index contributed by atoms with van der Waals surface area (Å²) in [5, 5.41) is 3.78. The summed E-state index contributed by atoms with van der Waals surface area (Å²) in [7, 11) is 0. The Kier molecular flexibility index (Phi) is 7.52. The molecule has 0 spiro atoms. The topological polar surface area (TPSA) is 59.8 Å². The number of nitrogens with one attached hydrogen (secondary N) is 2. The molecule has 5 nitrogen and oxygen atoms in total. The fourth-order valence-corrected chi connectivity index (χ4v) is 6.12. The third kappa shape index (κ3) is 4.95. The highest BCUT2D eigenvalue weighted by Gasteiger charge is 2.30. The molecule has 2 atom stereocenters. The van der Waals surface area contributed by atoms with Crippen LogP contribution in [0.3, 0.4) is 0 Å². The molecule has 6 heteroatoms. The van der Waals surface area contributed by atoms with Crippen molar-refractivity contribution < 1.29 is 19.2 Å². The number of anilines is 1. The summed E-state index contributed by atoms with van der Waals surface area (Å²) in [4.78, 5) is 28.1. The average Bonchev–Trinajstić information content (AvgIpc) is 3.03. The Morgan fingerprint density at radius 3 is 2.61 bits per heavy atom. The van der Waals surface area contributed by atoms with E-state index in [1.165, 1.54) is 41.9 Å². The number of amides is 1. The first-order valence-corrected chi connectivity index (χ1v) is 11.8. The maximum Gasteiger partial charge on any atom is 0.341 e. The van der Waals surface area contributed by atoms with Crippen molar-refractivity contribution in [1.29, 1.82) is 0 Å². The van der Waals surface area contributed by atoms with E-state index < -0.39 is 0 Å². The van der Waals surface area contributed by atoms with Crippen LogP contribution in [0.4, 0.5) is 5.00 Å². The number of hydrogen-bond acceptors (Lipinski definition) is 4. The summed E-state index contributed by atoms with van der Waals surface area (Å²) in [6.07, 6.45) is 9.27.